The lowest BCUT2D eigenvalue weighted by Gasteiger charge is -2.15. The van der Waals surface area contributed by atoms with Crippen LogP contribution in [0.25, 0.3) is 32.6 Å². The second kappa shape index (κ2) is 11.0. The number of hydrogen-bond acceptors (Lipinski definition) is 8. The van der Waals surface area contributed by atoms with E-state index in [1.165, 1.54) is 11.3 Å². The van der Waals surface area contributed by atoms with E-state index < -0.39 is 0 Å². The number of rotatable bonds is 9. The van der Waals surface area contributed by atoms with Crippen LogP contribution in [0, 0.1) is 0 Å². The minimum atomic E-state index is -0.171. The van der Waals surface area contributed by atoms with Crippen molar-refractivity contribution in [1.82, 2.24) is 4.98 Å². The van der Waals surface area contributed by atoms with Crippen LogP contribution in [0.1, 0.15) is 22.2 Å². The smallest absolute Gasteiger partial charge is 0.205 e. The molecule has 2 heterocycles. The maximum absolute atomic E-state index is 13.6. The molecule has 5 rings (SSSR count). The Morgan fingerprint density at radius 1 is 0.872 bits per heavy atom. The van der Waals surface area contributed by atoms with Crippen molar-refractivity contribution in [3.05, 3.63) is 83.2 Å². The van der Waals surface area contributed by atoms with Gasteiger partial charge in [-0.2, -0.15) is 0 Å². The quantitative estimate of drug-likeness (QED) is 0.204. The molecule has 0 radical (unpaired) electrons. The largest absolute Gasteiger partial charge is 0.494 e. The Bertz CT molecular complexity index is 1620. The highest BCUT2D eigenvalue weighted by Crippen LogP contribution is 2.46. The van der Waals surface area contributed by atoms with Crippen molar-refractivity contribution in [3.63, 3.8) is 0 Å². The monoisotopic (exact) mass is 540 g/mol. The Kier molecular flexibility index (Phi) is 7.38. The van der Waals surface area contributed by atoms with E-state index in [1.54, 1.807) is 45.6 Å². The maximum Gasteiger partial charge on any atom is 0.205 e. The molecule has 0 unspecified atom stereocenters. The van der Waals surface area contributed by atoms with Gasteiger partial charge in [-0.25, -0.2) is 4.98 Å². The van der Waals surface area contributed by atoms with Crippen LogP contribution < -0.4 is 24.7 Å². The maximum atomic E-state index is 13.6. The van der Waals surface area contributed by atoms with Gasteiger partial charge in [0, 0.05) is 16.5 Å². The molecule has 0 amide bonds. The molecule has 0 saturated carbocycles. The second-order valence-corrected chi connectivity index (χ2v) is 9.65. The van der Waals surface area contributed by atoms with Crippen LogP contribution in [0.15, 0.2) is 72.8 Å². The predicted octanol–water partition coefficient (Wildman–Crippen LogP) is 6.87. The van der Waals surface area contributed by atoms with E-state index in [0.29, 0.717) is 55.9 Å². The van der Waals surface area contributed by atoms with E-state index in [0.717, 1.165) is 22.4 Å². The number of ketones is 1. The SMILES string of the molecule is CCOc1ccc(C(=O)c2sc3nc(-c4ccccc4)cc(-c4cc(OC)c(OC)c(OC)c4)c3c2N)cc1. The van der Waals surface area contributed by atoms with Crippen molar-refractivity contribution in [1.29, 1.82) is 0 Å². The van der Waals surface area contributed by atoms with Crippen LogP contribution in [0.4, 0.5) is 5.69 Å². The van der Waals surface area contributed by atoms with Gasteiger partial charge in [0.1, 0.15) is 15.5 Å². The van der Waals surface area contributed by atoms with Gasteiger partial charge in [-0.15, -0.1) is 11.3 Å². The lowest BCUT2D eigenvalue weighted by atomic mass is 9.98. The fourth-order valence-electron chi connectivity index (χ4n) is 4.51. The van der Waals surface area contributed by atoms with Gasteiger partial charge in [0.15, 0.2) is 11.5 Å². The number of hydrogen-bond donors (Lipinski definition) is 1. The fourth-order valence-corrected chi connectivity index (χ4v) is 5.59. The minimum Gasteiger partial charge on any atom is -0.494 e. The summed E-state index contributed by atoms with van der Waals surface area (Å²) < 4.78 is 22.3. The Hall–Kier alpha value is -4.56. The van der Waals surface area contributed by atoms with Crippen LogP contribution in [-0.4, -0.2) is 38.7 Å². The van der Waals surface area contributed by atoms with Crippen LogP contribution in [0.3, 0.4) is 0 Å². The third-order valence-electron chi connectivity index (χ3n) is 6.38. The molecule has 7 nitrogen and oxygen atoms in total. The van der Waals surface area contributed by atoms with Crippen molar-refractivity contribution < 1.29 is 23.7 Å². The van der Waals surface area contributed by atoms with E-state index in [9.17, 15) is 4.79 Å². The number of nitrogen functional groups attached to an aromatic ring is 1. The Labute approximate surface area is 230 Å². The average molecular weight is 541 g/mol. The lowest BCUT2D eigenvalue weighted by Crippen LogP contribution is -2.02. The van der Waals surface area contributed by atoms with Gasteiger partial charge in [-0.05, 0) is 60.5 Å². The first kappa shape index (κ1) is 26.1. The Balaban J connectivity index is 1.73. The molecule has 39 heavy (non-hydrogen) atoms. The zero-order chi connectivity index (χ0) is 27.5. The van der Waals surface area contributed by atoms with Crippen LogP contribution in [-0.2, 0) is 0 Å². The fraction of sp³-hybridized carbons (Fsp3) is 0.161. The molecule has 0 atom stereocenters. The third-order valence-corrected chi connectivity index (χ3v) is 7.48. The van der Waals surface area contributed by atoms with Gasteiger partial charge in [0.25, 0.3) is 0 Å². The number of pyridine rings is 1. The lowest BCUT2D eigenvalue weighted by molar-refractivity contribution is 0.104. The molecular formula is C31H28N2O5S. The Morgan fingerprint density at radius 3 is 2.13 bits per heavy atom. The standard InChI is InChI=1S/C31H28N2O5S/c1-5-38-21-13-11-19(12-14-21)28(34)30-27(32)26-22(20-15-24(35-2)29(37-4)25(16-20)36-3)17-23(33-31(26)39-30)18-9-7-6-8-10-18/h6-17H,5,32H2,1-4H3. The van der Waals surface area contributed by atoms with Gasteiger partial charge in [-0.1, -0.05) is 30.3 Å². The van der Waals surface area contributed by atoms with Gasteiger partial charge in [0.2, 0.25) is 11.5 Å². The summed E-state index contributed by atoms with van der Waals surface area (Å²) in [6.45, 7) is 2.47. The van der Waals surface area contributed by atoms with Crippen molar-refractivity contribution in [2.45, 2.75) is 6.92 Å². The van der Waals surface area contributed by atoms with E-state index >= 15 is 0 Å². The molecule has 2 aromatic heterocycles. The first-order chi connectivity index (χ1) is 19.0. The van der Waals surface area contributed by atoms with E-state index in [2.05, 4.69) is 0 Å². The molecule has 0 spiro atoms. The topological polar surface area (TPSA) is 92.9 Å². The summed E-state index contributed by atoms with van der Waals surface area (Å²) in [7, 11) is 4.71. The van der Waals surface area contributed by atoms with Crippen molar-refractivity contribution in [2.75, 3.05) is 33.7 Å². The zero-order valence-electron chi connectivity index (χ0n) is 22.1. The number of benzene rings is 3. The minimum absolute atomic E-state index is 0.171. The first-order valence-corrected chi connectivity index (χ1v) is 13.2. The van der Waals surface area contributed by atoms with Crippen molar-refractivity contribution in [2.24, 2.45) is 0 Å². The molecule has 5 aromatic rings. The molecule has 0 aliphatic carbocycles. The number of fused-ring (bicyclic) bond motifs is 1. The molecule has 3 aromatic carbocycles. The summed E-state index contributed by atoms with van der Waals surface area (Å²) in [4.78, 5) is 19.6. The molecular weight excluding hydrogens is 512 g/mol. The van der Waals surface area contributed by atoms with E-state index in [1.807, 2.05) is 55.5 Å². The number of anilines is 1. The molecule has 2 N–H and O–H groups in total. The number of aromatic nitrogens is 1. The summed E-state index contributed by atoms with van der Waals surface area (Å²) in [6, 6.07) is 22.7. The van der Waals surface area contributed by atoms with Gasteiger partial charge >= 0.3 is 0 Å². The number of methoxy groups -OCH3 is 3. The predicted molar refractivity (Wildman–Crippen MR) is 156 cm³/mol. The number of carbonyl (C=O) groups excluding carboxylic acids is 1. The first-order valence-electron chi connectivity index (χ1n) is 12.3. The number of ether oxygens (including phenoxy) is 4. The van der Waals surface area contributed by atoms with Gasteiger partial charge in [-0.3, -0.25) is 4.79 Å². The number of nitrogens with zero attached hydrogens (tertiary/aromatic N) is 1. The number of nitrogens with two attached hydrogens (primary N) is 1. The number of thiophene rings is 1. The van der Waals surface area contributed by atoms with Crippen LogP contribution >= 0.6 is 11.3 Å². The molecule has 0 saturated heterocycles. The summed E-state index contributed by atoms with van der Waals surface area (Å²) in [5.41, 5.74) is 10.9. The van der Waals surface area contributed by atoms with E-state index in [4.69, 9.17) is 29.7 Å². The van der Waals surface area contributed by atoms with Gasteiger partial charge in [0.05, 0.1) is 39.3 Å². The highest BCUT2D eigenvalue weighted by atomic mass is 32.1. The summed E-state index contributed by atoms with van der Waals surface area (Å²) in [5.74, 6) is 2.05. The highest BCUT2D eigenvalue weighted by Gasteiger charge is 2.24. The summed E-state index contributed by atoms with van der Waals surface area (Å²) in [5, 5.41) is 0.697. The molecule has 0 aliphatic heterocycles. The Morgan fingerprint density at radius 2 is 1.54 bits per heavy atom. The molecule has 8 heteroatoms. The molecule has 0 bridgehead atoms. The summed E-state index contributed by atoms with van der Waals surface area (Å²) in [6.07, 6.45) is 0. The average Bonchev–Trinajstić information content (AvgIpc) is 3.32. The van der Waals surface area contributed by atoms with E-state index in [-0.39, 0.29) is 5.78 Å². The third kappa shape index (κ3) is 4.86. The normalized spacial score (nSPS) is 10.9. The second-order valence-electron chi connectivity index (χ2n) is 8.65. The number of carbonyl (C=O) groups is 1. The van der Waals surface area contributed by atoms with Crippen LogP contribution in [0.2, 0.25) is 0 Å². The molecule has 0 aliphatic rings. The van der Waals surface area contributed by atoms with Crippen molar-refractivity contribution >= 4 is 33.0 Å². The van der Waals surface area contributed by atoms with Gasteiger partial charge < -0.3 is 24.7 Å². The zero-order valence-corrected chi connectivity index (χ0v) is 22.9. The van der Waals surface area contributed by atoms with Crippen molar-refractivity contribution in [3.8, 4) is 45.4 Å². The summed E-state index contributed by atoms with van der Waals surface area (Å²) >= 11 is 1.28. The molecule has 198 valence electrons. The molecule has 0 fully saturated rings. The highest BCUT2D eigenvalue weighted by molar-refractivity contribution is 7.21. The van der Waals surface area contributed by atoms with Crippen LogP contribution in [0.5, 0.6) is 23.0 Å².